The van der Waals surface area contributed by atoms with Crippen molar-refractivity contribution in [2.24, 2.45) is 5.41 Å². The zero-order valence-corrected chi connectivity index (χ0v) is 18.3. The van der Waals surface area contributed by atoms with E-state index in [1.165, 1.54) is 0 Å². The molecule has 0 saturated heterocycles. The highest BCUT2D eigenvalue weighted by Gasteiger charge is 2.39. The molecule has 0 aliphatic carbocycles. The van der Waals surface area contributed by atoms with E-state index in [1.54, 1.807) is 34.6 Å². The molecular weight excluding hydrogens is 376 g/mol. The second-order valence-electron chi connectivity index (χ2n) is 8.56. The molecule has 2 N–H and O–H groups in total. The Kier molecular flexibility index (Phi) is 7.66. The summed E-state index contributed by atoms with van der Waals surface area (Å²) in [6.45, 7) is 9.20. The van der Waals surface area contributed by atoms with E-state index < -0.39 is 23.2 Å². The first kappa shape index (κ1) is 23.0. The van der Waals surface area contributed by atoms with Crippen molar-refractivity contribution >= 4 is 12.0 Å². The van der Waals surface area contributed by atoms with E-state index in [-0.39, 0.29) is 12.5 Å². The van der Waals surface area contributed by atoms with Gasteiger partial charge >= 0.3 is 6.09 Å². The van der Waals surface area contributed by atoms with Crippen molar-refractivity contribution in [1.82, 2.24) is 10.6 Å². The molecule has 0 aromatic heterocycles. The third-order valence-electron chi connectivity index (χ3n) is 4.44. The third kappa shape index (κ3) is 6.97. The van der Waals surface area contributed by atoms with Crippen LogP contribution in [0, 0.1) is 17.3 Å². The van der Waals surface area contributed by atoms with Gasteiger partial charge in [0.1, 0.15) is 5.60 Å². The van der Waals surface area contributed by atoms with E-state index in [0.717, 1.165) is 11.1 Å². The Bertz CT molecular complexity index is 904. The van der Waals surface area contributed by atoms with Crippen LogP contribution in [0.15, 0.2) is 60.7 Å². The van der Waals surface area contributed by atoms with Gasteiger partial charge in [0.15, 0.2) is 0 Å². The number of nitrogens with one attached hydrogen (secondary N) is 2. The number of benzene rings is 2. The lowest BCUT2D eigenvalue weighted by Gasteiger charge is -2.34. The lowest BCUT2D eigenvalue weighted by Crippen LogP contribution is -2.48. The van der Waals surface area contributed by atoms with Gasteiger partial charge in [-0.2, -0.15) is 0 Å². The van der Waals surface area contributed by atoms with Crippen molar-refractivity contribution in [2.75, 3.05) is 6.54 Å². The van der Waals surface area contributed by atoms with Crippen LogP contribution in [0.4, 0.5) is 4.79 Å². The smallest absolute Gasteiger partial charge is 0.408 e. The van der Waals surface area contributed by atoms with Crippen molar-refractivity contribution in [1.29, 1.82) is 0 Å². The lowest BCUT2D eigenvalue weighted by atomic mass is 9.79. The van der Waals surface area contributed by atoms with E-state index in [4.69, 9.17) is 4.74 Å². The Morgan fingerprint density at radius 2 is 1.50 bits per heavy atom. The number of hydrogen-bond acceptors (Lipinski definition) is 3. The van der Waals surface area contributed by atoms with Crippen molar-refractivity contribution in [2.45, 2.75) is 46.3 Å². The Labute approximate surface area is 179 Å². The minimum Gasteiger partial charge on any atom is -0.444 e. The van der Waals surface area contributed by atoms with Gasteiger partial charge in [-0.05, 0) is 52.3 Å². The zero-order chi connectivity index (χ0) is 22.2. The van der Waals surface area contributed by atoms with E-state index in [2.05, 4.69) is 22.5 Å². The maximum Gasteiger partial charge on any atom is 0.408 e. The molecule has 0 radical (unpaired) electrons. The molecule has 0 fully saturated rings. The fourth-order valence-corrected chi connectivity index (χ4v) is 2.90. The summed E-state index contributed by atoms with van der Waals surface area (Å²) >= 11 is 0. The van der Waals surface area contributed by atoms with Gasteiger partial charge in [0, 0.05) is 5.56 Å². The molecule has 0 aliphatic rings. The molecule has 0 saturated carbocycles. The maximum atomic E-state index is 13.0. The molecule has 2 aromatic rings. The molecule has 2 rings (SSSR count). The van der Waals surface area contributed by atoms with Gasteiger partial charge in [-0.1, -0.05) is 60.4 Å². The number of ether oxygens (including phenoxy) is 1. The summed E-state index contributed by atoms with van der Waals surface area (Å²) in [7, 11) is 0. The molecular formula is C25H30N2O3. The monoisotopic (exact) mass is 406 g/mol. The van der Waals surface area contributed by atoms with Gasteiger partial charge < -0.3 is 15.4 Å². The molecule has 5 heteroatoms. The summed E-state index contributed by atoms with van der Waals surface area (Å²) in [6.07, 6.45) is -0.568. The van der Waals surface area contributed by atoms with E-state index >= 15 is 0 Å². The fourth-order valence-electron chi connectivity index (χ4n) is 2.90. The molecule has 158 valence electrons. The van der Waals surface area contributed by atoms with Gasteiger partial charge in [-0.25, -0.2) is 4.79 Å². The van der Waals surface area contributed by atoms with Gasteiger partial charge in [0.2, 0.25) is 5.91 Å². The number of amides is 2. The van der Waals surface area contributed by atoms with E-state index in [0.29, 0.717) is 0 Å². The minimum atomic E-state index is -0.938. The summed E-state index contributed by atoms with van der Waals surface area (Å²) < 4.78 is 5.41. The van der Waals surface area contributed by atoms with Crippen molar-refractivity contribution < 1.29 is 14.3 Å². The van der Waals surface area contributed by atoms with Gasteiger partial charge in [0.25, 0.3) is 0 Å². The number of hydrogen-bond donors (Lipinski definition) is 2. The molecule has 1 atom stereocenters. The number of alkyl carbamates (subject to hydrolysis) is 1. The average Bonchev–Trinajstić information content (AvgIpc) is 2.69. The van der Waals surface area contributed by atoms with Crippen LogP contribution < -0.4 is 10.6 Å². The first-order valence-corrected chi connectivity index (χ1v) is 9.96. The van der Waals surface area contributed by atoms with Crippen LogP contribution in [0.2, 0.25) is 0 Å². The summed E-state index contributed by atoms with van der Waals surface area (Å²) in [4.78, 5) is 25.4. The largest absolute Gasteiger partial charge is 0.444 e. The van der Waals surface area contributed by atoms with Crippen LogP contribution in [0.1, 0.15) is 51.8 Å². The Balaban J connectivity index is 2.13. The van der Waals surface area contributed by atoms with Gasteiger partial charge in [-0.3, -0.25) is 4.79 Å². The van der Waals surface area contributed by atoms with Crippen molar-refractivity contribution in [3.63, 3.8) is 0 Å². The summed E-state index contributed by atoms with van der Waals surface area (Å²) in [5.74, 6) is 5.76. The van der Waals surface area contributed by atoms with E-state index in [9.17, 15) is 9.59 Å². The van der Waals surface area contributed by atoms with Crippen LogP contribution in [0.3, 0.4) is 0 Å². The van der Waals surface area contributed by atoms with Crippen molar-refractivity contribution in [3.05, 3.63) is 71.8 Å². The Hall–Kier alpha value is -3.26. The number of carbonyl (C=O) groups is 2. The second kappa shape index (κ2) is 9.98. The Morgan fingerprint density at radius 1 is 0.933 bits per heavy atom. The van der Waals surface area contributed by atoms with E-state index in [1.807, 2.05) is 60.7 Å². The fraction of sp³-hybridized carbons (Fsp3) is 0.360. The van der Waals surface area contributed by atoms with Crippen LogP contribution in [0.25, 0.3) is 0 Å². The maximum absolute atomic E-state index is 13.0. The predicted octanol–water partition coefficient (Wildman–Crippen LogP) is 4.45. The molecule has 2 aromatic carbocycles. The summed E-state index contributed by atoms with van der Waals surface area (Å²) in [5.41, 5.74) is 0.135. The molecule has 2 amide bonds. The normalized spacial score (nSPS) is 12.2. The molecule has 0 spiro atoms. The lowest BCUT2D eigenvalue weighted by molar-refractivity contribution is -0.130. The molecule has 1 unspecified atom stereocenters. The number of carbonyl (C=O) groups excluding carboxylic acids is 2. The topological polar surface area (TPSA) is 67.4 Å². The highest BCUT2D eigenvalue weighted by molar-refractivity contribution is 5.84. The average molecular weight is 407 g/mol. The molecule has 0 bridgehead atoms. The zero-order valence-electron chi connectivity index (χ0n) is 18.3. The molecule has 5 nitrogen and oxygen atoms in total. The summed E-state index contributed by atoms with van der Waals surface area (Å²) in [6, 6.07) is 18.4. The van der Waals surface area contributed by atoms with Crippen molar-refractivity contribution in [3.8, 4) is 11.8 Å². The minimum absolute atomic E-state index is 0.213. The van der Waals surface area contributed by atoms with Gasteiger partial charge in [-0.15, -0.1) is 0 Å². The highest BCUT2D eigenvalue weighted by atomic mass is 16.6. The standard InChI is InChI=1S/C25H30N2O3/c1-24(2,3)30-23(29)27-21(20-16-10-7-11-17-20)25(4,5)22(28)26-18-12-15-19-13-8-6-9-14-19/h6-11,13-14,16-17,21H,18H2,1-5H3,(H,26,28)(H,27,29). The second-order valence-corrected chi connectivity index (χ2v) is 8.56. The van der Waals surface area contributed by atoms with Crippen LogP contribution in [-0.2, 0) is 9.53 Å². The first-order chi connectivity index (χ1) is 14.1. The number of rotatable bonds is 5. The quantitative estimate of drug-likeness (QED) is 0.721. The first-order valence-electron chi connectivity index (χ1n) is 9.96. The molecule has 30 heavy (non-hydrogen) atoms. The van der Waals surface area contributed by atoms with Crippen LogP contribution in [0.5, 0.6) is 0 Å². The summed E-state index contributed by atoms with van der Waals surface area (Å²) in [5, 5.41) is 5.73. The van der Waals surface area contributed by atoms with Crippen LogP contribution >= 0.6 is 0 Å². The predicted molar refractivity (Wildman–Crippen MR) is 119 cm³/mol. The van der Waals surface area contributed by atoms with Gasteiger partial charge in [0.05, 0.1) is 18.0 Å². The Morgan fingerprint density at radius 3 is 2.07 bits per heavy atom. The third-order valence-corrected chi connectivity index (χ3v) is 4.44. The van der Waals surface area contributed by atoms with Crippen LogP contribution in [-0.4, -0.2) is 24.1 Å². The SMILES string of the molecule is CC(C)(C)OC(=O)NC(c1ccccc1)C(C)(C)C(=O)NCC#Cc1ccccc1. The molecule has 0 heterocycles. The molecule has 0 aliphatic heterocycles. The highest BCUT2D eigenvalue weighted by Crippen LogP contribution is 2.34.